The minimum absolute atomic E-state index is 0.0153. The molecule has 2 amide bonds. The Balaban J connectivity index is 1.67. The number of hydrazone groups is 1. The van der Waals surface area contributed by atoms with Crippen LogP contribution in [0.4, 0.5) is 5.69 Å². The number of hydrogen-bond acceptors (Lipinski definition) is 7. The van der Waals surface area contributed by atoms with E-state index >= 15 is 0 Å². The molecule has 1 saturated heterocycles. The lowest BCUT2D eigenvalue weighted by Crippen LogP contribution is -2.36. The molecule has 0 radical (unpaired) electrons. The maximum atomic E-state index is 12.8. The van der Waals surface area contributed by atoms with Crippen molar-refractivity contribution in [3.8, 4) is 0 Å². The minimum atomic E-state index is -0.955. The third kappa shape index (κ3) is 2.30. The molecular weight excluding hydrogens is 322 g/mol. The van der Waals surface area contributed by atoms with Gasteiger partial charge in [0, 0.05) is 12.4 Å². The number of hydrogen-bond donors (Lipinski definition) is 1. The molecule has 25 heavy (non-hydrogen) atoms. The van der Waals surface area contributed by atoms with Crippen molar-refractivity contribution in [2.45, 2.75) is 13.0 Å². The molecule has 3 heterocycles. The number of anilines is 1. The van der Waals surface area contributed by atoms with E-state index in [9.17, 15) is 14.4 Å². The maximum Gasteiger partial charge on any atom is 0.259 e. The van der Waals surface area contributed by atoms with Gasteiger partial charge in [-0.15, -0.1) is 0 Å². The number of Topliss-reactive ketones (excluding diaryl/α,β-unsaturated/α-hetero) is 1. The number of carbonyl (C=O) groups is 3. The number of fused-ring (bicyclic) bond motifs is 1. The number of amides is 2. The summed E-state index contributed by atoms with van der Waals surface area (Å²) in [6, 6.07) is 6.17. The van der Waals surface area contributed by atoms with Crippen LogP contribution in [0.1, 0.15) is 16.1 Å². The molecule has 0 unspecified atom stereocenters. The van der Waals surface area contributed by atoms with E-state index in [1.165, 1.54) is 18.6 Å². The average molecular weight is 335 g/mol. The Morgan fingerprint density at radius 2 is 1.88 bits per heavy atom. The van der Waals surface area contributed by atoms with E-state index in [1.54, 1.807) is 12.1 Å². The van der Waals surface area contributed by atoms with Crippen molar-refractivity contribution >= 4 is 29.0 Å². The molecule has 124 valence electrons. The van der Waals surface area contributed by atoms with Crippen LogP contribution in [0.3, 0.4) is 0 Å². The van der Waals surface area contributed by atoms with Gasteiger partial charge in [0.25, 0.3) is 5.91 Å². The topological polar surface area (TPSA) is 105 Å². The Hall–Kier alpha value is -3.42. The highest BCUT2D eigenvalue weighted by molar-refractivity contribution is 6.52. The van der Waals surface area contributed by atoms with Gasteiger partial charge in [-0.2, -0.15) is 5.10 Å². The molecule has 1 N–H and O–H groups in total. The van der Waals surface area contributed by atoms with Crippen LogP contribution in [-0.4, -0.2) is 39.3 Å². The van der Waals surface area contributed by atoms with Crippen LogP contribution in [0.2, 0.25) is 0 Å². The highest BCUT2D eigenvalue weighted by Crippen LogP contribution is 2.31. The van der Waals surface area contributed by atoms with Crippen molar-refractivity contribution in [2.24, 2.45) is 11.0 Å². The van der Waals surface area contributed by atoms with Gasteiger partial charge in [0.05, 0.1) is 11.9 Å². The summed E-state index contributed by atoms with van der Waals surface area (Å²) in [5, 5.41) is 3.92. The van der Waals surface area contributed by atoms with Crippen molar-refractivity contribution in [1.29, 1.82) is 0 Å². The van der Waals surface area contributed by atoms with Crippen LogP contribution >= 0.6 is 0 Å². The predicted molar refractivity (Wildman–Crippen MR) is 87.9 cm³/mol. The first kappa shape index (κ1) is 15.1. The van der Waals surface area contributed by atoms with Gasteiger partial charge in [-0.25, -0.2) is 9.88 Å². The Kier molecular flexibility index (Phi) is 3.38. The monoisotopic (exact) mass is 335 g/mol. The SMILES string of the molecule is Cc1ccc(N2C(=O)[C@@H]3C(C(=O)c4cnccn4)=NN[C@@H]3C2=O)cc1. The molecule has 8 nitrogen and oxygen atoms in total. The molecule has 2 aromatic rings. The second-order valence-electron chi connectivity index (χ2n) is 5.85. The average Bonchev–Trinajstić information content (AvgIpc) is 3.17. The van der Waals surface area contributed by atoms with E-state index in [1.807, 2.05) is 19.1 Å². The quantitative estimate of drug-likeness (QED) is 0.646. The smallest absolute Gasteiger partial charge is 0.259 e. The second-order valence-corrected chi connectivity index (χ2v) is 5.85. The van der Waals surface area contributed by atoms with E-state index in [2.05, 4.69) is 20.5 Å². The zero-order valence-electron chi connectivity index (χ0n) is 13.2. The van der Waals surface area contributed by atoms with Gasteiger partial charge < -0.3 is 0 Å². The summed E-state index contributed by atoms with van der Waals surface area (Å²) in [6.45, 7) is 1.91. The van der Waals surface area contributed by atoms with Crippen molar-refractivity contribution in [3.05, 3.63) is 54.1 Å². The van der Waals surface area contributed by atoms with Crippen LogP contribution in [0.5, 0.6) is 0 Å². The summed E-state index contributed by atoms with van der Waals surface area (Å²) < 4.78 is 0. The molecule has 0 aliphatic carbocycles. The van der Waals surface area contributed by atoms with Gasteiger partial charge in [0.2, 0.25) is 11.7 Å². The molecule has 1 fully saturated rings. The summed E-state index contributed by atoms with van der Waals surface area (Å²) in [4.78, 5) is 46.9. The molecule has 2 aliphatic heterocycles. The Bertz CT molecular complexity index is 908. The zero-order chi connectivity index (χ0) is 17.6. The predicted octanol–water partition coefficient (Wildman–Crippen LogP) is 0.485. The summed E-state index contributed by atoms with van der Waals surface area (Å²) in [6.07, 6.45) is 4.13. The summed E-state index contributed by atoms with van der Waals surface area (Å²) in [5.74, 6) is -2.37. The number of benzene rings is 1. The number of nitrogens with zero attached hydrogens (tertiary/aromatic N) is 4. The lowest BCUT2D eigenvalue weighted by Gasteiger charge is -2.15. The normalized spacial score (nSPS) is 21.8. The lowest BCUT2D eigenvalue weighted by molar-refractivity contribution is -0.122. The van der Waals surface area contributed by atoms with Gasteiger partial charge >= 0.3 is 0 Å². The van der Waals surface area contributed by atoms with Crippen molar-refractivity contribution in [1.82, 2.24) is 15.4 Å². The third-order valence-electron chi connectivity index (χ3n) is 4.25. The van der Waals surface area contributed by atoms with E-state index in [0.29, 0.717) is 5.69 Å². The highest BCUT2D eigenvalue weighted by Gasteiger charge is 2.55. The van der Waals surface area contributed by atoms with E-state index in [0.717, 1.165) is 10.5 Å². The Morgan fingerprint density at radius 3 is 2.56 bits per heavy atom. The Morgan fingerprint density at radius 1 is 1.12 bits per heavy atom. The van der Waals surface area contributed by atoms with E-state index in [4.69, 9.17) is 0 Å². The molecular formula is C17H13N5O3. The fourth-order valence-electron chi connectivity index (χ4n) is 2.97. The van der Waals surface area contributed by atoms with Crippen LogP contribution in [-0.2, 0) is 9.59 Å². The molecule has 8 heteroatoms. The number of aryl methyl sites for hydroxylation is 1. The number of rotatable bonds is 3. The number of ketones is 1. The summed E-state index contributed by atoms with van der Waals surface area (Å²) >= 11 is 0. The summed E-state index contributed by atoms with van der Waals surface area (Å²) in [7, 11) is 0. The largest absolute Gasteiger partial charge is 0.296 e. The minimum Gasteiger partial charge on any atom is -0.296 e. The molecule has 0 bridgehead atoms. The van der Waals surface area contributed by atoms with Crippen molar-refractivity contribution in [3.63, 3.8) is 0 Å². The number of imide groups is 1. The zero-order valence-corrected chi connectivity index (χ0v) is 13.2. The van der Waals surface area contributed by atoms with Crippen LogP contribution in [0.25, 0.3) is 0 Å². The first-order valence-electron chi connectivity index (χ1n) is 7.66. The standard InChI is InChI=1S/C17H13N5O3/c1-9-2-4-10(5-3-9)22-16(24)12-13(20-21-14(12)17(22)25)15(23)11-8-18-6-7-19-11/h2-8,12,14,21H,1H3/t12-,14+/m1/s1. The van der Waals surface area contributed by atoms with Crippen LogP contribution < -0.4 is 10.3 Å². The number of carbonyl (C=O) groups excluding carboxylic acids is 3. The fraction of sp³-hybridized carbons (Fsp3) is 0.176. The molecule has 0 saturated carbocycles. The molecule has 0 spiro atoms. The molecule has 2 atom stereocenters. The van der Waals surface area contributed by atoms with Crippen LogP contribution in [0.15, 0.2) is 48.0 Å². The van der Waals surface area contributed by atoms with Crippen LogP contribution in [0, 0.1) is 12.8 Å². The van der Waals surface area contributed by atoms with Gasteiger partial charge in [-0.1, -0.05) is 17.7 Å². The molecule has 1 aromatic carbocycles. The van der Waals surface area contributed by atoms with Gasteiger partial charge in [0.15, 0.2) is 0 Å². The Labute approximate surface area is 142 Å². The summed E-state index contributed by atoms with van der Waals surface area (Å²) in [5.41, 5.74) is 4.17. The van der Waals surface area contributed by atoms with E-state index in [-0.39, 0.29) is 11.4 Å². The van der Waals surface area contributed by atoms with Gasteiger partial charge in [-0.05, 0) is 19.1 Å². The first-order valence-corrected chi connectivity index (χ1v) is 7.66. The molecule has 4 rings (SSSR count). The van der Waals surface area contributed by atoms with Crippen molar-refractivity contribution < 1.29 is 14.4 Å². The number of aromatic nitrogens is 2. The maximum absolute atomic E-state index is 12.8. The lowest BCUT2D eigenvalue weighted by atomic mass is 9.94. The number of nitrogens with one attached hydrogen (secondary N) is 1. The van der Waals surface area contributed by atoms with Gasteiger partial charge in [0.1, 0.15) is 23.4 Å². The molecule has 2 aliphatic rings. The highest BCUT2D eigenvalue weighted by atomic mass is 16.2. The first-order chi connectivity index (χ1) is 12.1. The third-order valence-corrected chi connectivity index (χ3v) is 4.25. The van der Waals surface area contributed by atoms with Gasteiger partial charge in [-0.3, -0.25) is 24.8 Å². The molecule has 1 aromatic heterocycles. The van der Waals surface area contributed by atoms with Crippen molar-refractivity contribution in [2.75, 3.05) is 4.90 Å². The second kappa shape index (κ2) is 5.59. The van der Waals surface area contributed by atoms with E-state index < -0.39 is 29.6 Å². The fourth-order valence-corrected chi connectivity index (χ4v) is 2.97.